The molecule has 0 amide bonds. The second kappa shape index (κ2) is 6.94. The van der Waals surface area contributed by atoms with Crippen LogP contribution in [0.15, 0.2) is 40.8 Å². The Hall–Kier alpha value is -2.62. The summed E-state index contributed by atoms with van der Waals surface area (Å²) in [5, 5.41) is 10.3. The lowest BCUT2D eigenvalue weighted by Gasteiger charge is -2.35. The lowest BCUT2D eigenvalue weighted by atomic mass is 10.2. The molecule has 3 aromatic rings. The molecular formula is C20H19N3O2S. The molecule has 3 heterocycles. The topological polar surface area (TPSA) is 62.3 Å². The van der Waals surface area contributed by atoms with E-state index in [-0.39, 0.29) is 12.2 Å². The van der Waals surface area contributed by atoms with Crippen LogP contribution in [0.2, 0.25) is 0 Å². The maximum Gasteiger partial charge on any atom is 0.196 e. The van der Waals surface area contributed by atoms with E-state index < -0.39 is 0 Å². The summed E-state index contributed by atoms with van der Waals surface area (Å²) in [7, 11) is 0. The van der Waals surface area contributed by atoms with Crippen molar-refractivity contribution in [2.75, 3.05) is 18.0 Å². The third-order valence-corrected chi connectivity index (χ3v) is 5.34. The zero-order chi connectivity index (χ0) is 18.1. The van der Waals surface area contributed by atoms with Gasteiger partial charge in [-0.05, 0) is 32.0 Å². The molecule has 2 unspecified atom stereocenters. The van der Waals surface area contributed by atoms with Gasteiger partial charge in [0.2, 0.25) is 0 Å². The van der Waals surface area contributed by atoms with Crippen molar-refractivity contribution < 1.29 is 9.15 Å². The van der Waals surface area contributed by atoms with Crippen LogP contribution in [-0.4, -0.2) is 30.3 Å². The Morgan fingerprint density at radius 1 is 1.23 bits per heavy atom. The van der Waals surface area contributed by atoms with Gasteiger partial charge in [0.05, 0.1) is 28.0 Å². The van der Waals surface area contributed by atoms with Crippen molar-refractivity contribution in [2.45, 2.75) is 26.1 Å². The van der Waals surface area contributed by atoms with E-state index in [0.717, 1.165) is 29.2 Å². The Labute approximate surface area is 156 Å². The second-order valence-electron chi connectivity index (χ2n) is 6.49. The maximum atomic E-state index is 9.57. The number of fused-ring (bicyclic) bond motifs is 1. The number of hydrogen-bond acceptors (Lipinski definition) is 6. The molecule has 0 radical (unpaired) electrons. The van der Waals surface area contributed by atoms with Crippen molar-refractivity contribution >= 4 is 39.1 Å². The molecule has 6 heteroatoms. The summed E-state index contributed by atoms with van der Waals surface area (Å²) in [5.41, 5.74) is 1.42. The fraction of sp³-hybridized carbons (Fsp3) is 0.300. The molecule has 0 N–H and O–H groups in total. The smallest absolute Gasteiger partial charge is 0.196 e. The van der Waals surface area contributed by atoms with Gasteiger partial charge in [-0.15, -0.1) is 11.3 Å². The lowest BCUT2D eigenvalue weighted by Crippen LogP contribution is -2.45. The van der Waals surface area contributed by atoms with Gasteiger partial charge in [-0.2, -0.15) is 5.26 Å². The molecule has 1 aromatic carbocycles. The third-order valence-electron chi connectivity index (χ3n) is 4.28. The number of allylic oxidation sites excluding steroid dienone is 1. The quantitative estimate of drug-likeness (QED) is 0.636. The second-order valence-corrected chi connectivity index (χ2v) is 7.53. The van der Waals surface area contributed by atoms with Gasteiger partial charge in [-0.3, -0.25) is 0 Å². The number of morpholine rings is 1. The van der Waals surface area contributed by atoms with E-state index in [1.54, 1.807) is 6.08 Å². The van der Waals surface area contributed by atoms with Crippen LogP contribution in [0.25, 0.3) is 21.9 Å². The fourth-order valence-corrected chi connectivity index (χ4v) is 4.15. The Morgan fingerprint density at radius 3 is 2.73 bits per heavy atom. The van der Waals surface area contributed by atoms with Gasteiger partial charge in [0.1, 0.15) is 16.8 Å². The highest BCUT2D eigenvalue weighted by molar-refractivity contribution is 7.19. The highest BCUT2D eigenvalue weighted by Crippen LogP contribution is 2.29. The molecule has 1 aliphatic rings. The van der Waals surface area contributed by atoms with Gasteiger partial charge in [0, 0.05) is 25.2 Å². The van der Waals surface area contributed by atoms with E-state index in [0.29, 0.717) is 16.3 Å². The maximum absolute atomic E-state index is 9.57. The average molecular weight is 365 g/mol. The molecule has 0 bridgehead atoms. The van der Waals surface area contributed by atoms with Crippen molar-refractivity contribution in [2.24, 2.45) is 0 Å². The summed E-state index contributed by atoms with van der Waals surface area (Å²) >= 11 is 1.51. The molecule has 132 valence electrons. The normalized spacial score (nSPS) is 21.1. The van der Waals surface area contributed by atoms with E-state index in [9.17, 15) is 5.26 Å². The van der Waals surface area contributed by atoms with Crippen LogP contribution in [-0.2, 0) is 4.74 Å². The van der Waals surface area contributed by atoms with Crippen molar-refractivity contribution in [1.82, 2.24) is 4.98 Å². The Morgan fingerprint density at radius 2 is 2.00 bits per heavy atom. The van der Waals surface area contributed by atoms with Gasteiger partial charge in [-0.1, -0.05) is 12.1 Å². The summed E-state index contributed by atoms with van der Waals surface area (Å²) in [5.74, 6) is 1.46. The average Bonchev–Trinajstić information content (AvgIpc) is 3.25. The molecular weight excluding hydrogens is 346 g/mol. The molecule has 0 saturated carbocycles. The molecule has 26 heavy (non-hydrogen) atoms. The van der Waals surface area contributed by atoms with Crippen molar-refractivity contribution in [3.63, 3.8) is 0 Å². The molecule has 0 spiro atoms. The van der Waals surface area contributed by atoms with Crippen LogP contribution in [0, 0.1) is 11.3 Å². The highest BCUT2D eigenvalue weighted by Gasteiger charge is 2.24. The molecule has 1 aliphatic heterocycles. The minimum absolute atomic E-state index is 0.167. The van der Waals surface area contributed by atoms with Gasteiger partial charge < -0.3 is 14.1 Å². The predicted molar refractivity (Wildman–Crippen MR) is 104 cm³/mol. The molecule has 1 fully saturated rings. The van der Waals surface area contributed by atoms with E-state index in [4.69, 9.17) is 9.15 Å². The van der Waals surface area contributed by atoms with Crippen molar-refractivity contribution in [1.29, 1.82) is 5.26 Å². The zero-order valence-electron chi connectivity index (χ0n) is 14.7. The van der Waals surface area contributed by atoms with E-state index in [2.05, 4.69) is 29.8 Å². The highest BCUT2D eigenvalue weighted by atomic mass is 32.1. The number of ether oxygens (including phenoxy) is 1. The molecule has 5 nitrogen and oxygen atoms in total. The third kappa shape index (κ3) is 3.36. The van der Waals surface area contributed by atoms with Crippen LogP contribution in [0.4, 0.5) is 5.88 Å². The predicted octanol–water partition coefficient (Wildman–Crippen LogP) is 4.57. The Kier molecular flexibility index (Phi) is 4.49. The van der Waals surface area contributed by atoms with Crippen molar-refractivity contribution in [3.05, 3.63) is 47.2 Å². The summed E-state index contributed by atoms with van der Waals surface area (Å²) in [6.07, 6.45) is 2.09. The van der Waals surface area contributed by atoms with Gasteiger partial charge in [-0.25, -0.2) is 4.98 Å². The van der Waals surface area contributed by atoms with E-state index >= 15 is 0 Å². The number of thiazole rings is 1. The summed E-state index contributed by atoms with van der Waals surface area (Å²) in [6, 6.07) is 14.0. The van der Waals surface area contributed by atoms with Gasteiger partial charge >= 0.3 is 0 Å². The SMILES string of the molecule is CC1CN(c2ccc(/C=C(\C#N)c3nc4ccccc4s3)o2)CC(C)O1. The lowest BCUT2D eigenvalue weighted by molar-refractivity contribution is -0.00641. The number of anilines is 1. The molecule has 1 saturated heterocycles. The Balaban J connectivity index is 1.61. The number of furan rings is 1. The van der Waals surface area contributed by atoms with E-state index in [1.165, 1.54) is 11.3 Å². The molecule has 4 rings (SSSR count). The van der Waals surface area contributed by atoms with Crippen LogP contribution in [0.1, 0.15) is 24.6 Å². The number of benzene rings is 1. The first-order chi connectivity index (χ1) is 12.6. The van der Waals surface area contributed by atoms with Gasteiger partial charge in [0.15, 0.2) is 5.88 Å². The monoisotopic (exact) mass is 365 g/mol. The van der Waals surface area contributed by atoms with Gasteiger partial charge in [0.25, 0.3) is 0 Å². The van der Waals surface area contributed by atoms with Crippen LogP contribution < -0.4 is 4.90 Å². The Bertz CT molecular complexity index is 955. The number of nitrogens with zero attached hydrogens (tertiary/aromatic N) is 3. The number of hydrogen-bond donors (Lipinski definition) is 0. The number of rotatable bonds is 3. The number of para-hydroxylation sites is 1. The van der Waals surface area contributed by atoms with Crippen molar-refractivity contribution in [3.8, 4) is 6.07 Å². The minimum Gasteiger partial charge on any atom is -0.441 e. The van der Waals surface area contributed by atoms with Crippen LogP contribution in [0.3, 0.4) is 0 Å². The first-order valence-electron chi connectivity index (χ1n) is 8.60. The number of aromatic nitrogens is 1. The van der Waals surface area contributed by atoms with E-state index in [1.807, 2.05) is 36.4 Å². The summed E-state index contributed by atoms with van der Waals surface area (Å²) in [6.45, 7) is 5.72. The summed E-state index contributed by atoms with van der Waals surface area (Å²) < 4.78 is 12.8. The standard InChI is InChI=1S/C20H19N3O2S/c1-13-11-23(12-14(2)24-13)19-8-7-16(25-19)9-15(10-21)20-22-17-5-3-4-6-18(17)26-20/h3-9,13-14H,11-12H2,1-2H3/b15-9+. The number of nitriles is 1. The summed E-state index contributed by atoms with van der Waals surface area (Å²) in [4.78, 5) is 6.74. The first-order valence-corrected chi connectivity index (χ1v) is 9.42. The first kappa shape index (κ1) is 16.8. The largest absolute Gasteiger partial charge is 0.441 e. The fourth-order valence-electron chi connectivity index (χ4n) is 3.22. The zero-order valence-corrected chi connectivity index (χ0v) is 15.5. The van der Waals surface area contributed by atoms with Crippen LogP contribution >= 0.6 is 11.3 Å². The minimum atomic E-state index is 0.167. The molecule has 2 atom stereocenters. The molecule has 2 aromatic heterocycles. The molecule has 0 aliphatic carbocycles. The van der Waals surface area contributed by atoms with Crippen LogP contribution in [0.5, 0.6) is 0 Å².